The minimum Gasteiger partial charge on any atom is -0.489 e. The van der Waals surface area contributed by atoms with E-state index in [-0.39, 0.29) is 5.91 Å². The van der Waals surface area contributed by atoms with Gasteiger partial charge in [-0.1, -0.05) is 29.8 Å². The first-order chi connectivity index (χ1) is 11.6. The first kappa shape index (κ1) is 16.5. The average molecular weight is 359 g/mol. The highest BCUT2D eigenvalue weighted by Crippen LogP contribution is 2.19. The van der Waals surface area contributed by atoms with Gasteiger partial charge in [-0.25, -0.2) is 4.98 Å². The molecule has 0 saturated carbocycles. The summed E-state index contributed by atoms with van der Waals surface area (Å²) < 4.78 is 5.70. The molecule has 1 amide bonds. The normalized spacial score (nSPS) is 10.4. The second-order valence-corrected chi connectivity index (χ2v) is 6.49. The topological polar surface area (TPSA) is 51.2 Å². The maximum Gasteiger partial charge on any atom is 0.257 e. The number of anilines is 1. The molecule has 0 unspecified atom stereocenters. The van der Waals surface area contributed by atoms with Gasteiger partial charge in [-0.3, -0.25) is 10.1 Å². The van der Waals surface area contributed by atoms with Crippen molar-refractivity contribution >= 4 is 34.0 Å². The van der Waals surface area contributed by atoms with Crippen LogP contribution < -0.4 is 10.1 Å². The second kappa shape index (κ2) is 7.47. The minimum absolute atomic E-state index is 0.186. The fourth-order valence-electron chi connectivity index (χ4n) is 2.11. The predicted molar refractivity (Wildman–Crippen MR) is 97.0 cm³/mol. The molecule has 3 rings (SSSR count). The molecule has 3 aromatic rings. The van der Waals surface area contributed by atoms with Crippen molar-refractivity contribution in [1.29, 1.82) is 0 Å². The summed E-state index contributed by atoms with van der Waals surface area (Å²) in [6, 6.07) is 14.5. The zero-order valence-electron chi connectivity index (χ0n) is 13.0. The number of hydrogen-bond donors (Lipinski definition) is 1. The van der Waals surface area contributed by atoms with Gasteiger partial charge in [0, 0.05) is 16.0 Å². The van der Waals surface area contributed by atoms with Crippen LogP contribution in [0.25, 0.3) is 0 Å². The van der Waals surface area contributed by atoms with E-state index >= 15 is 0 Å². The van der Waals surface area contributed by atoms with Gasteiger partial charge in [-0.05, 0) is 42.8 Å². The van der Waals surface area contributed by atoms with Crippen molar-refractivity contribution in [3.8, 4) is 5.75 Å². The standard InChI is InChI=1S/C18H15ClN2O2S/c1-12-11-24-18(20-12)21-17(22)14-5-2-4-13(8-14)10-23-16-7-3-6-15(19)9-16/h2-9,11H,10H2,1H3,(H,20,21,22). The van der Waals surface area contributed by atoms with Crippen molar-refractivity contribution in [2.45, 2.75) is 13.5 Å². The van der Waals surface area contributed by atoms with Crippen molar-refractivity contribution in [3.63, 3.8) is 0 Å². The Balaban J connectivity index is 1.66. The first-order valence-corrected chi connectivity index (χ1v) is 8.57. The fourth-order valence-corrected chi connectivity index (χ4v) is 2.97. The number of halogens is 1. The number of thiazole rings is 1. The van der Waals surface area contributed by atoms with Gasteiger partial charge in [0.15, 0.2) is 5.13 Å². The third kappa shape index (κ3) is 4.34. The average Bonchev–Trinajstić information content (AvgIpc) is 2.98. The summed E-state index contributed by atoms with van der Waals surface area (Å²) >= 11 is 7.34. The highest BCUT2D eigenvalue weighted by molar-refractivity contribution is 7.13. The van der Waals surface area contributed by atoms with Gasteiger partial charge < -0.3 is 4.74 Å². The van der Waals surface area contributed by atoms with E-state index in [1.54, 1.807) is 24.3 Å². The molecule has 1 heterocycles. The van der Waals surface area contributed by atoms with Crippen molar-refractivity contribution in [1.82, 2.24) is 4.98 Å². The number of nitrogens with one attached hydrogen (secondary N) is 1. The van der Waals surface area contributed by atoms with Gasteiger partial charge in [-0.2, -0.15) is 0 Å². The highest BCUT2D eigenvalue weighted by atomic mass is 35.5. The summed E-state index contributed by atoms with van der Waals surface area (Å²) in [5, 5.41) is 5.91. The van der Waals surface area contributed by atoms with Crippen LogP contribution in [0.4, 0.5) is 5.13 Å². The summed E-state index contributed by atoms with van der Waals surface area (Å²) in [5.74, 6) is 0.504. The summed E-state index contributed by atoms with van der Waals surface area (Å²) in [6.45, 7) is 2.25. The molecule has 1 aromatic heterocycles. The SMILES string of the molecule is Cc1csc(NC(=O)c2cccc(COc3cccc(Cl)c3)c2)n1. The molecule has 0 radical (unpaired) electrons. The van der Waals surface area contributed by atoms with Crippen molar-refractivity contribution in [2.24, 2.45) is 0 Å². The van der Waals surface area contributed by atoms with E-state index in [0.717, 1.165) is 11.3 Å². The van der Waals surface area contributed by atoms with E-state index in [1.165, 1.54) is 11.3 Å². The molecule has 0 fully saturated rings. The monoisotopic (exact) mass is 358 g/mol. The predicted octanol–water partition coefficient (Wildman–Crippen LogP) is 4.94. The molecule has 0 aliphatic carbocycles. The van der Waals surface area contributed by atoms with E-state index in [4.69, 9.17) is 16.3 Å². The fraction of sp³-hybridized carbons (Fsp3) is 0.111. The number of aromatic nitrogens is 1. The van der Waals surface area contributed by atoms with Crippen LogP contribution in [0.5, 0.6) is 5.75 Å². The summed E-state index contributed by atoms with van der Waals surface area (Å²) in [6.07, 6.45) is 0. The largest absolute Gasteiger partial charge is 0.489 e. The lowest BCUT2D eigenvalue weighted by Gasteiger charge is -2.08. The van der Waals surface area contributed by atoms with Gasteiger partial charge >= 0.3 is 0 Å². The lowest BCUT2D eigenvalue weighted by molar-refractivity contribution is 0.102. The van der Waals surface area contributed by atoms with E-state index in [0.29, 0.717) is 28.1 Å². The van der Waals surface area contributed by atoms with Gasteiger partial charge in [-0.15, -0.1) is 11.3 Å². The summed E-state index contributed by atoms with van der Waals surface area (Å²) in [4.78, 5) is 16.5. The highest BCUT2D eigenvalue weighted by Gasteiger charge is 2.09. The van der Waals surface area contributed by atoms with Crippen molar-refractivity contribution in [2.75, 3.05) is 5.32 Å². The van der Waals surface area contributed by atoms with Crippen LogP contribution in [0.1, 0.15) is 21.6 Å². The maximum atomic E-state index is 12.3. The zero-order valence-corrected chi connectivity index (χ0v) is 14.5. The first-order valence-electron chi connectivity index (χ1n) is 7.31. The molecule has 24 heavy (non-hydrogen) atoms. The number of nitrogens with zero attached hydrogens (tertiary/aromatic N) is 1. The number of amides is 1. The third-order valence-corrected chi connectivity index (χ3v) is 4.34. The Kier molecular flexibility index (Phi) is 5.13. The molecular weight excluding hydrogens is 344 g/mol. The molecule has 0 aliphatic heterocycles. The molecular formula is C18H15ClN2O2S. The quantitative estimate of drug-likeness (QED) is 0.703. The molecule has 6 heteroatoms. The van der Waals surface area contributed by atoms with Crippen LogP contribution in [0.3, 0.4) is 0 Å². The third-order valence-electron chi connectivity index (χ3n) is 3.23. The number of carbonyl (C=O) groups is 1. The molecule has 0 bridgehead atoms. The van der Waals surface area contributed by atoms with Crippen LogP contribution in [0, 0.1) is 6.92 Å². The van der Waals surface area contributed by atoms with Gasteiger partial charge in [0.1, 0.15) is 12.4 Å². The lowest BCUT2D eigenvalue weighted by atomic mass is 10.1. The smallest absolute Gasteiger partial charge is 0.257 e. The van der Waals surface area contributed by atoms with Crippen LogP contribution in [0.2, 0.25) is 5.02 Å². The van der Waals surface area contributed by atoms with E-state index < -0.39 is 0 Å². The number of rotatable bonds is 5. The van der Waals surface area contributed by atoms with Gasteiger partial charge in [0.05, 0.1) is 5.69 Å². The molecule has 0 spiro atoms. The molecule has 122 valence electrons. The Hall–Kier alpha value is -2.37. The van der Waals surface area contributed by atoms with Crippen molar-refractivity contribution in [3.05, 3.63) is 75.8 Å². The van der Waals surface area contributed by atoms with Crippen LogP contribution in [-0.2, 0) is 6.61 Å². The maximum absolute atomic E-state index is 12.3. The van der Waals surface area contributed by atoms with Crippen LogP contribution in [0.15, 0.2) is 53.9 Å². The number of aryl methyl sites for hydroxylation is 1. The number of hydrogen-bond acceptors (Lipinski definition) is 4. The lowest BCUT2D eigenvalue weighted by Crippen LogP contribution is -2.12. The van der Waals surface area contributed by atoms with E-state index in [2.05, 4.69) is 10.3 Å². The van der Waals surface area contributed by atoms with Crippen molar-refractivity contribution < 1.29 is 9.53 Å². The number of benzene rings is 2. The van der Waals surface area contributed by atoms with Crippen LogP contribution in [-0.4, -0.2) is 10.9 Å². The number of ether oxygens (including phenoxy) is 1. The molecule has 0 aliphatic rings. The molecule has 0 saturated heterocycles. The molecule has 2 aromatic carbocycles. The van der Waals surface area contributed by atoms with Gasteiger partial charge in [0.2, 0.25) is 0 Å². The molecule has 4 nitrogen and oxygen atoms in total. The zero-order chi connectivity index (χ0) is 16.9. The Morgan fingerprint density at radius 2 is 2.08 bits per heavy atom. The Bertz CT molecular complexity index is 863. The molecule has 0 atom stereocenters. The summed E-state index contributed by atoms with van der Waals surface area (Å²) in [5.41, 5.74) is 2.35. The molecule has 1 N–H and O–H groups in total. The Labute approximate surface area is 149 Å². The van der Waals surface area contributed by atoms with E-state index in [1.807, 2.05) is 36.6 Å². The number of carbonyl (C=O) groups excluding carboxylic acids is 1. The second-order valence-electron chi connectivity index (χ2n) is 5.19. The summed E-state index contributed by atoms with van der Waals surface area (Å²) in [7, 11) is 0. The van der Waals surface area contributed by atoms with E-state index in [9.17, 15) is 4.79 Å². The minimum atomic E-state index is -0.186. The van der Waals surface area contributed by atoms with Crippen LogP contribution >= 0.6 is 22.9 Å². The Morgan fingerprint density at radius 3 is 2.83 bits per heavy atom. The van der Waals surface area contributed by atoms with Gasteiger partial charge in [0.25, 0.3) is 5.91 Å². The Morgan fingerprint density at radius 1 is 1.25 bits per heavy atom.